The van der Waals surface area contributed by atoms with Gasteiger partial charge in [-0.05, 0) is 24.3 Å². The third-order valence-corrected chi connectivity index (χ3v) is 4.76. The smallest absolute Gasteiger partial charge is 0.407 e. The van der Waals surface area contributed by atoms with E-state index in [0.29, 0.717) is 11.8 Å². The van der Waals surface area contributed by atoms with Crippen LogP contribution in [-0.4, -0.2) is 45.3 Å². The number of nitriles is 1. The lowest BCUT2D eigenvalue weighted by Crippen LogP contribution is -2.33. The van der Waals surface area contributed by atoms with Crippen molar-refractivity contribution >= 4 is 35.2 Å². The lowest BCUT2D eigenvalue weighted by molar-refractivity contribution is 0.131. The second kappa shape index (κ2) is 11.6. The number of amides is 3. The van der Waals surface area contributed by atoms with E-state index < -0.39 is 23.8 Å². The third-order valence-electron chi connectivity index (χ3n) is 4.46. The number of anilines is 2. The molecular weight excluding hydrogens is 486 g/mol. The van der Waals surface area contributed by atoms with Gasteiger partial charge in [0.2, 0.25) is 0 Å². The molecule has 3 amide bonds. The molecule has 3 N–H and O–H groups in total. The van der Waals surface area contributed by atoms with E-state index in [4.69, 9.17) is 21.6 Å². The fourth-order valence-corrected chi connectivity index (χ4v) is 3.02. The molecule has 0 bridgehead atoms. The highest BCUT2D eigenvalue weighted by Crippen LogP contribution is 2.28. The number of aromatic nitrogens is 2. The Hall–Kier alpha value is -4.50. The van der Waals surface area contributed by atoms with Crippen molar-refractivity contribution < 1.29 is 28.2 Å². The molecule has 0 fully saturated rings. The number of nitrogens with one attached hydrogen (secondary N) is 2. The van der Waals surface area contributed by atoms with Crippen LogP contribution in [0.25, 0.3) is 0 Å². The fourth-order valence-electron chi connectivity index (χ4n) is 2.79. The Morgan fingerprint density at radius 3 is 2.57 bits per heavy atom. The molecular formula is C22H17ClF2N6O4. The van der Waals surface area contributed by atoms with Gasteiger partial charge in [0.25, 0.3) is 0 Å². The Morgan fingerprint density at radius 1 is 1.14 bits per heavy atom. The first-order valence-corrected chi connectivity index (χ1v) is 10.3. The van der Waals surface area contributed by atoms with Gasteiger partial charge in [-0.2, -0.15) is 5.26 Å². The number of hydrogen-bond acceptors (Lipinski definition) is 6. The first-order chi connectivity index (χ1) is 16.7. The average molecular weight is 503 g/mol. The molecule has 1 aromatic heterocycles. The summed E-state index contributed by atoms with van der Waals surface area (Å²) in [6, 6.07) is 8.49. The third kappa shape index (κ3) is 7.24. The van der Waals surface area contributed by atoms with Gasteiger partial charge in [0, 0.05) is 17.3 Å². The number of ether oxygens (including phenoxy) is 1. The summed E-state index contributed by atoms with van der Waals surface area (Å²) in [6.45, 7) is -0.504. The fraction of sp³-hybridized carbons (Fsp3) is 0.136. The monoisotopic (exact) mass is 502 g/mol. The van der Waals surface area contributed by atoms with Crippen LogP contribution >= 0.6 is 11.6 Å². The second-order valence-corrected chi connectivity index (χ2v) is 7.32. The number of halogens is 3. The molecule has 0 aliphatic rings. The summed E-state index contributed by atoms with van der Waals surface area (Å²) in [6.07, 6.45) is 1.13. The van der Waals surface area contributed by atoms with Crippen molar-refractivity contribution in [1.82, 2.24) is 14.9 Å². The van der Waals surface area contributed by atoms with Gasteiger partial charge in [-0.1, -0.05) is 17.7 Å². The number of hydrogen-bond donors (Lipinski definition) is 3. The Labute approximate surface area is 202 Å². The molecule has 3 rings (SSSR count). The largest absolute Gasteiger partial charge is 0.490 e. The van der Waals surface area contributed by atoms with Crippen LogP contribution in [0.4, 0.5) is 29.9 Å². The summed E-state index contributed by atoms with van der Waals surface area (Å²) in [7, 11) is 0. The maximum Gasteiger partial charge on any atom is 0.407 e. The van der Waals surface area contributed by atoms with Gasteiger partial charge in [0.1, 0.15) is 30.1 Å². The number of carbonyl (C=O) groups excluding carboxylic acids is 1. The van der Waals surface area contributed by atoms with Crippen molar-refractivity contribution in [3.8, 4) is 11.8 Å². The first-order valence-electron chi connectivity index (χ1n) is 9.89. The standard InChI is InChI=1S/C22H17ClF2N6O4/c23-17-8-15(29-21(32)30-20-11-27-16(9-26)10-28-20)3-4-19(17)35-6-5-31(22(33)34)12-13-1-2-14(24)7-18(13)25/h1-4,7-8,10-11H,5-6,12H2,(H,33,34)(H2,28,29,30,32). The quantitative estimate of drug-likeness (QED) is 0.412. The maximum absolute atomic E-state index is 13.8. The van der Waals surface area contributed by atoms with Crippen LogP contribution in [0.3, 0.4) is 0 Å². The van der Waals surface area contributed by atoms with Gasteiger partial charge < -0.3 is 20.1 Å². The van der Waals surface area contributed by atoms with Crippen LogP contribution in [0.2, 0.25) is 5.02 Å². The molecule has 0 aliphatic carbocycles. The van der Waals surface area contributed by atoms with Crippen molar-refractivity contribution in [1.29, 1.82) is 5.26 Å². The molecule has 180 valence electrons. The Kier molecular flexibility index (Phi) is 8.31. The summed E-state index contributed by atoms with van der Waals surface area (Å²) in [5, 5.41) is 23.2. The van der Waals surface area contributed by atoms with Crippen LogP contribution in [0.1, 0.15) is 11.3 Å². The predicted octanol–water partition coefficient (Wildman–Crippen LogP) is 4.48. The van der Waals surface area contributed by atoms with Gasteiger partial charge in [-0.3, -0.25) is 5.32 Å². The van der Waals surface area contributed by atoms with Crippen molar-refractivity contribution in [3.05, 3.63) is 76.7 Å². The molecule has 0 atom stereocenters. The molecule has 1 heterocycles. The molecule has 0 radical (unpaired) electrons. The van der Waals surface area contributed by atoms with Gasteiger partial charge in [0.15, 0.2) is 11.5 Å². The van der Waals surface area contributed by atoms with E-state index in [-0.39, 0.29) is 47.5 Å². The van der Waals surface area contributed by atoms with E-state index in [0.717, 1.165) is 11.0 Å². The zero-order chi connectivity index (χ0) is 25.4. The average Bonchev–Trinajstić information content (AvgIpc) is 2.81. The first kappa shape index (κ1) is 25.1. The van der Waals surface area contributed by atoms with Crippen molar-refractivity contribution in [2.45, 2.75) is 6.54 Å². The molecule has 0 spiro atoms. The van der Waals surface area contributed by atoms with E-state index in [1.807, 2.05) is 6.07 Å². The zero-order valence-electron chi connectivity index (χ0n) is 17.8. The van der Waals surface area contributed by atoms with Crippen LogP contribution in [0, 0.1) is 23.0 Å². The Morgan fingerprint density at radius 2 is 1.94 bits per heavy atom. The van der Waals surface area contributed by atoms with Gasteiger partial charge >= 0.3 is 12.1 Å². The molecule has 13 heteroatoms. The minimum atomic E-state index is -1.30. The number of rotatable bonds is 8. The normalized spacial score (nSPS) is 10.2. The molecule has 0 saturated heterocycles. The topological polar surface area (TPSA) is 140 Å². The van der Waals surface area contributed by atoms with Crippen molar-refractivity contribution in [2.75, 3.05) is 23.8 Å². The molecule has 3 aromatic rings. The van der Waals surface area contributed by atoms with Gasteiger partial charge in [0.05, 0.1) is 30.5 Å². The number of carboxylic acid groups (broad SMARTS) is 1. The van der Waals surface area contributed by atoms with Crippen LogP contribution < -0.4 is 15.4 Å². The summed E-state index contributed by atoms with van der Waals surface area (Å²) in [4.78, 5) is 32.2. The summed E-state index contributed by atoms with van der Waals surface area (Å²) >= 11 is 6.18. The van der Waals surface area contributed by atoms with Crippen molar-refractivity contribution in [3.63, 3.8) is 0 Å². The maximum atomic E-state index is 13.8. The van der Waals surface area contributed by atoms with E-state index >= 15 is 0 Å². The lowest BCUT2D eigenvalue weighted by atomic mass is 10.2. The number of nitrogens with zero attached hydrogens (tertiary/aromatic N) is 4. The SMILES string of the molecule is N#Cc1cnc(NC(=O)Nc2ccc(OCCN(Cc3ccc(F)cc3F)C(=O)O)c(Cl)c2)cn1. The van der Waals surface area contributed by atoms with E-state index in [1.54, 1.807) is 0 Å². The van der Waals surface area contributed by atoms with Gasteiger partial charge in [-0.25, -0.2) is 28.3 Å². The van der Waals surface area contributed by atoms with Crippen LogP contribution in [-0.2, 0) is 6.54 Å². The van der Waals surface area contributed by atoms with E-state index in [9.17, 15) is 23.5 Å². The molecule has 35 heavy (non-hydrogen) atoms. The molecule has 2 aromatic carbocycles. The highest BCUT2D eigenvalue weighted by atomic mass is 35.5. The lowest BCUT2D eigenvalue weighted by Gasteiger charge is -2.20. The summed E-state index contributed by atoms with van der Waals surface area (Å²) in [5.41, 5.74) is 0.459. The van der Waals surface area contributed by atoms with E-state index in [2.05, 4.69) is 20.6 Å². The Bertz CT molecular complexity index is 1270. The minimum Gasteiger partial charge on any atom is -0.490 e. The number of benzene rings is 2. The molecule has 10 nitrogen and oxygen atoms in total. The van der Waals surface area contributed by atoms with E-state index in [1.165, 1.54) is 36.7 Å². The molecule has 0 saturated carbocycles. The number of urea groups is 1. The molecule has 0 aliphatic heterocycles. The highest BCUT2D eigenvalue weighted by Gasteiger charge is 2.16. The summed E-state index contributed by atoms with van der Waals surface area (Å²) in [5.74, 6) is -1.24. The predicted molar refractivity (Wildman–Crippen MR) is 121 cm³/mol. The van der Waals surface area contributed by atoms with Gasteiger partial charge in [-0.15, -0.1) is 0 Å². The number of carbonyl (C=O) groups is 2. The van der Waals surface area contributed by atoms with Crippen LogP contribution in [0.15, 0.2) is 48.8 Å². The second-order valence-electron chi connectivity index (χ2n) is 6.91. The van der Waals surface area contributed by atoms with Crippen molar-refractivity contribution in [2.24, 2.45) is 0 Å². The highest BCUT2D eigenvalue weighted by molar-refractivity contribution is 6.32. The summed E-state index contributed by atoms with van der Waals surface area (Å²) < 4.78 is 32.4. The molecule has 0 unspecified atom stereocenters. The zero-order valence-corrected chi connectivity index (χ0v) is 18.6. The minimum absolute atomic E-state index is 0.0209. The van der Waals surface area contributed by atoms with Crippen LogP contribution in [0.5, 0.6) is 5.75 Å². The Balaban J connectivity index is 1.53.